The molecule has 1 unspecified atom stereocenters. The molecule has 1 atom stereocenters. The summed E-state index contributed by atoms with van der Waals surface area (Å²) in [5, 5.41) is 14.8. The lowest BCUT2D eigenvalue weighted by atomic mass is 10.2. The maximum atomic E-state index is 12.3. The molecule has 1 heterocycles. The van der Waals surface area contributed by atoms with Crippen molar-refractivity contribution >= 4 is 23.8 Å². The number of ether oxygens (including phenoxy) is 1. The van der Waals surface area contributed by atoms with Gasteiger partial charge in [0.25, 0.3) is 0 Å². The SMILES string of the molecule is CCOC(=O)CNC(=O)NC(C)c1nnc(SCc2ccccc2)n1-c1ccc(C)cc1. The molecule has 0 aliphatic rings. The van der Waals surface area contributed by atoms with Crippen LogP contribution in [0.25, 0.3) is 5.69 Å². The molecule has 3 aromatic rings. The highest BCUT2D eigenvalue weighted by molar-refractivity contribution is 7.98. The molecule has 0 spiro atoms. The molecular weight excluding hydrogens is 426 g/mol. The molecule has 9 heteroatoms. The zero-order valence-corrected chi connectivity index (χ0v) is 19.2. The lowest BCUT2D eigenvalue weighted by molar-refractivity contribution is -0.141. The summed E-state index contributed by atoms with van der Waals surface area (Å²) >= 11 is 1.58. The average Bonchev–Trinajstić information content (AvgIpc) is 3.22. The first-order valence-corrected chi connectivity index (χ1v) is 11.4. The van der Waals surface area contributed by atoms with Crippen molar-refractivity contribution in [2.75, 3.05) is 13.2 Å². The van der Waals surface area contributed by atoms with E-state index in [1.807, 2.05) is 60.9 Å². The Morgan fingerprint density at radius 2 is 1.81 bits per heavy atom. The number of amides is 2. The van der Waals surface area contributed by atoms with E-state index in [0.717, 1.165) is 22.2 Å². The Kier molecular flexibility index (Phi) is 8.27. The third-order valence-corrected chi connectivity index (χ3v) is 5.59. The second-order valence-electron chi connectivity index (χ2n) is 7.14. The number of nitrogens with one attached hydrogen (secondary N) is 2. The van der Waals surface area contributed by atoms with Crippen LogP contribution in [0.2, 0.25) is 0 Å². The van der Waals surface area contributed by atoms with Gasteiger partial charge in [-0.05, 0) is 38.5 Å². The van der Waals surface area contributed by atoms with E-state index >= 15 is 0 Å². The number of rotatable bonds is 9. The molecule has 0 bridgehead atoms. The van der Waals surface area contributed by atoms with Crippen LogP contribution in [0.1, 0.15) is 36.8 Å². The number of aromatic nitrogens is 3. The number of benzene rings is 2. The van der Waals surface area contributed by atoms with Crippen LogP contribution >= 0.6 is 11.8 Å². The normalized spacial score (nSPS) is 11.6. The van der Waals surface area contributed by atoms with Gasteiger partial charge in [-0.25, -0.2) is 4.79 Å². The summed E-state index contributed by atoms with van der Waals surface area (Å²) < 4.78 is 6.77. The van der Waals surface area contributed by atoms with E-state index in [0.29, 0.717) is 5.82 Å². The number of aryl methyl sites for hydroxylation is 1. The van der Waals surface area contributed by atoms with Crippen molar-refractivity contribution in [3.63, 3.8) is 0 Å². The Hall–Kier alpha value is -3.33. The Balaban J connectivity index is 1.78. The van der Waals surface area contributed by atoms with E-state index in [2.05, 4.69) is 33.0 Å². The summed E-state index contributed by atoms with van der Waals surface area (Å²) in [5.41, 5.74) is 3.24. The van der Waals surface area contributed by atoms with Gasteiger partial charge in [-0.3, -0.25) is 9.36 Å². The minimum absolute atomic E-state index is 0.199. The van der Waals surface area contributed by atoms with Crippen LogP contribution in [0.5, 0.6) is 0 Å². The summed E-state index contributed by atoms with van der Waals surface area (Å²) in [4.78, 5) is 23.7. The fourth-order valence-electron chi connectivity index (χ4n) is 2.99. The molecule has 2 N–H and O–H groups in total. The first-order valence-electron chi connectivity index (χ1n) is 10.4. The highest BCUT2D eigenvalue weighted by Crippen LogP contribution is 2.27. The molecule has 0 saturated heterocycles. The fourth-order valence-corrected chi connectivity index (χ4v) is 3.91. The lowest BCUT2D eigenvalue weighted by Crippen LogP contribution is -2.40. The number of carbonyl (C=O) groups is 2. The number of thioether (sulfide) groups is 1. The summed E-state index contributed by atoms with van der Waals surface area (Å²) in [6, 6.07) is 17.3. The molecule has 32 heavy (non-hydrogen) atoms. The van der Waals surface area contributed by atoms with Crippen molar-refractivity contribution in [3.05, 3.63) is 71.5 Å². The third kappa shape index (κ3) is 6.34. The first-order chi connectivity index (χ1) is 15.5. The van der Waals surface area contributed by atoms with E-state index in [-0.39, 0.29) is 13.2 Å². The highest BCUT2D eigenvalue weighted by Gasteiger charge is 2.21. The molecule has 1 aromatic heterocycles. The van der Waals surface area contributed by atoms with Gasteiger partial charge >= 0.3 is 12.0 Å². The molecule has 2 amide bonds. The molecule has 0 radical (unpaired) electrons. The zero-order chi connectivity index (χ0) is 22.9. The maximum Gasteiger partial charge on any atom is 0.325 e. The molecule has 8 nitrogen and oxygen atoms in total. The summed E-state index contributed by atoms with van der Waals surface area (Å²) in [6.07, 6.45) is 0. The van der Waals surface area contributed by atoms with Crippen LogP contribution in [0, 0.1) is 6.92 Å². The monoisotopic (exact) mass is 453 g/mol. The van der Waals surface area contributed by atoms with E-state index < -0.39 is 18.0 Å². The van der Waals surface area contributed by atoms with Crippen LogP contribution in [-0.4, -0.2) is 39.9 Å². The van der Waals surface area contributed by atoms with Crippen molar-refractivity contribution in [2.45, 2.75) is 37.7 Å². The molecule has 0 fully saturated rings. The number of hydrogen-bond donors (Lipinski definition) is 2. The number of nitrogens with zero attached hydrogens (tertiary/aromatic N) is 3. The molecular formula is C23H27N5O3S. The van der Waals surface area contributed by atoms with Crippen LogP contribution < -0.4 is 10.6 Å². The van der Waals surface area contributed by atoms with Gasteiger partial charge in [0.2, 0.25) is 0 Å². The van der Waals surface area contributed by atoms with Crippen molar-refractivity contribution in [1.82, 2.24) is 25.4 Å². The molecule has 0 aliphatic heterocycles. The van der Waals surface area contributed by atoms with Crippen LogP contribution in [0.3, 0.4) is 0 Å². The minimum atomic E-state index is -0.488. The fraction of sp³-hybridized carbons (Fsp3) is 0.304. The Morgan fingerprint density at radius 1 is 1.09 bits per heavy atom. The van der Waals surface area contributed by atoms with E-state index in [4.69, 9.17) is 4.74 Å². The van der Waals surface area contributed by atoms with Gasteiger partial charge in [0.15, 0.2) is 11.0 Å². The molecule has 2 aromatic carbocycles. The smallest absolute Gasteiger partial charge is 0.325 e. The van der Waals surface area contributed by atoms with Gasteiger partial charge < -0.3 is 15.4 Å². The van der Waals surface area contributed by atoms with Crippen molar-refractivity contribution < 1.29 is 14.3 Å². The van der Waals surface area contributed by atoms with Crippen molar-refractivity contribution in [3.8, 4) is 5.69 Å². The maximum absolute atomic E-state index is 12.3. The standard InChI is InChI=1S/C23H27N5O3S/c1-4-31-20(29)14-24-22(30)25-17(3)21-26-27-23(32-15-18-8-6-5-7-9-18)28(21)19-12-10-16(2)11-13-19/h5-13,17H,4,14-15H2,1-3H3,(H2,24,25,30). The van der Waals surface area contributed by atoms with E-state index in [1.54, 1.807) is 18.7 Å². The van der Waals surface area contributed by atoms with Crippen LogP contribution in [0.4, 0.5) is 4.79 Å². The predicted octanol–water partition coefficient (Wildman–Crippen LogP) is 3.79. The van der Waals surface area contributed by atoms with Crippen LogP contribution in [-0.2, 0) is 15.3 Å². The summed E-state index contributed by atoms with van der Waals surface area (Å²) in [5.74, 6) is 0.848. The van der Waals surface area contributed by atoms with Crippen molar-refractivity contribution in [2.24, 2.45) is 0 Å². The topological polar surface area (TPSA) is 98.1 Å². The zero-order valence-electron chi connectivity index (χ0n) is 18.4. The minimum Gasteiger partial charge on any atom is -0.465 e. The van der Waals surface area contributed by atoms with Crippen LogP contribution in [0.15, 0.2) is 59.8 Å². The average molecular weight is 454 g/mol. The number of esters is 1. The number of hydrogen-bond acceptors (Lipinski definition) is 6. The molecule has 3 rings (SSSR count). The van der Waals surface area contributed by atoms with Gasteiger partial charge in [0, 0.05) is 11.4 Å². The van der Waals surface area contributed by atoms with Gasteiger partial charge in [0.05, 0.1) is 12.6 Å². The van der Waals surface area contributed by atoms with Gasteiger partial charge in [-0.2, -0.15) is 0 Å². The quantitative estimate of drug-likeness (QED) is 0.378. The number of urea groups is 1. The Bertz CT molecular complexity index is 1040. The first kappa shape index (κ1) is 23.3. The lowest BCUT2D eigenvalue weighted by Gasteiger charge is -2.17. The van der Waals surface area contributed by atoms with Gasteiger partial charge in [0.1, 0.15) is 6.54 Å². The molecule has 0 aliphatic carbocycles. The van der Waals surface area contributed by atoms with E-state index in [9.17, 15) is 9.59 Å². The third-order valence-electron chi connectivity index (χ3n) is 4.59. The second kappa shape index (κ2) is 11.3. The van der Waals surface area contributed by atoms with Crippen molar-refractivity contribution in [1.29, 1.82) is 0 Å². The number of carbonyl (C=O) groups excluding carboxylic acids is 2. The predicted molar refractivity (Wildman–Crippen MR) is 124 cm³/mol. The molecule has 0 saturated carbocycles. The largest absolute Gasteiger partial charge is 0.465 e. The highest BCUT2D eigenvalue weighted by atomic mass is 32.2. The van der Waals surface area contributed by atoms with E-state index in [1.165, 1.54) is 5.56 Å². The Labute approximate surface area is 191 Å². The van der Waals surface area contributed by atoms with Gasteiger partial charge in [-0.15, -0.1) is 10.2 Å². The molecule has 168 valence electrons. The Morgan fingerprint density at radius 3 is 2.50 bits per heavy atom. The second-order valence-corrected chi connectivity index (χ2v) is 8.08. The summed E-state index contributed by atoms with van der Waals surface area (Å²) in [6.45, 7) is 5.63. The van der Waals surface area contributed by atoms with Gasteiger partial charge in [-0.1, -0.05) is 59.8 Å². The summed E-state index contributed by atoms with van der Waals surface area (Å²) in [7, 11) is 0.